The van der Waals surface area contributed by atoms with Crippen molar-refractivity contribution in [3.63, 3.8) is 0 Å². The fraction of sp³-hybridized carbons (Fsp3) is 0.188. The average Bonchev–Trinajstić information content (AvgIpc) is 2.68. The van der Waals surface area contributed by atoms with Gasteiger partial charge in [0.15, 0.2) is 0 Å². The molecule has 2 aromatic carbocycles. The Labute approximate surface area is 134 Å². The third-order valence-electron chi connectivity index (χ3n) is 3.54. The number of hydrogen-bond donors (Lipinski definition) is 1. The zero-order valence-electron chi connectivity index (χ0n) is 11.4. The van der Waals surface area contributed by atoms with Crippen LogP contribution in [0.5, 0.6) is 5.75 Å². The van der Waals surface area contributed by atoms with Crippen molar-refractivity contribution < 1.29 is 4.74 Å². The molecule has 1 aliphatic rings. The summed E-state index contributed by atoms with van der Waals surface area (Å²) in [6.07, 6.45) is 0. The summed E-state index contributed by atoms with van der Waals surface area (Å²) in [4.78, 5) is 2.55. The minimum Gasteiger partial charge on any atom is -0.491 e. The van der Waals surface area contributed by atoms with Gasteiger partial charge in [-0.25, -0.2) is 0 Å². The van der Waals surface area contributed by atoms with Crippen LogP contribution in [0.15, 0.2) is 42.5 Å². The first-order chi connectivity index (χ1) is 10.1. The Kier molecular flexibility index (Phi) is 3.99. The minimum absolute atomic E-state index is 0.316. The number of halogens is 1. The molecule has 1 heterocycles. The van der Waals surface area contributed by atoms with E-state index in [1.807, 2.05) is 36.4 Å². The lowest BCUT2D eigenvalue weighted by Crippen LogP contribution is -2.25. The van der Waals surface area contributed by atoms with Crippen LogP contribution in [0.25, 0.3) is 0 Å². The summed E-state index contributed by atoms with van der Waals surface area (Å²) in [7, 11) is 0. The molecule has 0 atom stereocenters. The van der Waals surface area contributed by atoms with Gasteiger partial charge >= 0.3 is 0 Å². The number of ether oxygens (including phenoxy) is 1. The highest BCUT2D eigenvalue weighted by molar-refractivity contribution is 7.80. The van der Waals surface area contributed by atoms with Crippen molar-refractivity contribution >= 4 is 34.5 Å². The van der Waals surface area contributed by atoms with Gasteiger partial charge in [0.1, 0.15) is 17.3 Å². The Morgan fingerprint density at radius 3 is 2.81 bits per heavy atom. The zero-order valence-corrected chi connectivity index (χ0v) is 13.0. The Morgan fingerprint density at radius 1 is 1.24 bits per heavy atom. The van der Waals surface area contributed by atoms with Gasteiger partial charge in [-0.3, -0.25) is 0 Å². The Morgan fingerprint density at radius 2 is 2.05 bits per heavy atom. The van der Waals surface area contributed by atoms with Crippen molar-refractivity contribution in [2.75, 3.05) is 18.1 Å². The van der Waals surface area contributed by atoms with Crippen molar-refractivity contribution in [2.24, 2.45) is 5.73 Å². The molecule has 0 aromatic heterocycles. The molecule has 108 valence electrons. The van der Waals surface area contributed by atoms with Crippen molar-refractivity contribution in [3.8, 4) is 5.75 Å². The quantitative estimate of drug-likeness (QED) is 0.862. The van der Waals surface area contributed by atoms with Gasteiger partial charge in [0, 0.05) is 23.4 Å². The summed E-state index contributed by atoms with van der Waals surface area (Å²) in [6, 6.07) is 13.9. The molecule has 0 bridgehead atoms. The van der Waals surface area contributed by atoms with E-state index in [1.165, 1.54) is 5.56 Å². The lowest BCUT2D eigenvalue weighted by molar-refractivity contribution is 0.331. The zero-order chi connectivity index (χ0) is 14.8. The number of nitrogens with zero attached hydrogens (tertiary/aromatic N) is 1. The van der Waals surface area contributed by atoms with E-state index in [4.69, 9.17) is 34.3 Å². The Bertz CT molecular complexity index is 690. The highest BCUT2D eigenvalue weighted by atomic mass is 35.5. The number of rotatable bonds is 2. The first kappa shape index (κ1) is 14.2. The fourth-order valence-corrected chi connectivity index (χ4v) is 2.96. The van der Waals surface area contributed by atoms with Crippen LogP contribution in [-0.4, -0.2) is 18.1 Å². The van der Waals surface area contributed by atoms with Crippen molar-refractivity contribution in [2.45, 2.75) is 6.54 Å². The number of anilines is 1. The summed E-state index contributed by atoms with van der Waals surface area (Å²) < 4.78 is 5.78. The lowest BCUT2D eigenvalue weighted by atomic mass is 10.1. The third kappa shape index (κ3) is 2.96. The largest absolute Gasteiger partial charge is 0.491 e. The molecule has 0 saturated heterocycles. The maximum atomic E-state index is 6.26. The van der Waals surface area contributed by atoms with Crippen LogP contribution < -0.4 is 15.4 Å². The molecule has 5 heteroatoms. The van der Waals surface area contributed by atoms with Gasteiger partial charge in [-0.1, -0.05) is 42.0 Å². The molecule has 0 amide bonds. The predicted octanol–water partition coefficient (Wildman–Crippen LogP) is 3.37. The molecule has 0 saturated carbocycles. The second kappa shape index (κ2) is 5.92. The van der Waals surface area contributed by atoms with Crippen LogP contribution in [0.4, 0.5) is 5.69 Å². The molecule has 0 radical (unpaired) electrons. The van der Waals surface area contributed by atoms with Crippen molar-refractivity contribution in [3.05, 3.63) is 58.6 Å². The predicted molar refractivity (Wildman–Crippen MR) is 90.3 cm³/mol. The van der Waals surface area contributed by atoms with Crippen LogP contribution in [-0.2, 0) is 6.54 Å². The van der Waals surface area contributed by atoms with E-state index < -0.39 is 0 Å². The Hall–Kier alpha value is -1.78. The van der Waals surface area contributed by atoms with E-state index >= 15 is 0 Å². The molecule has 1 aliphatic heterocycles. The molecule has 3 rings (SSSR count). The number of fused-ring (bicyclic) bond motifs is 1. The third-order valence-corrected chi connectivity index (χ3v) is 4.07. The normalized spacial score (nSPS) is 14.0. The molecule has 0 unspecified atom stereocenters. The van der Waals surface area contributed by atoms with Crippen LogP contribution in [0.2, 0.25) is 5.02 Å². The van der Waals surface area contributed by atoms with Gasteiger partial charge in [-0.2, -0.15) is 0 Å². The number of para-hydroxylation sites is 1. The topological polar surface area (TPSA) is 38.5 Å². The minimum atomic E-state index is 0.316. The summed E-state index contributed by atoms with van der Waals surface area (Å²) in [5.74, 6) is 0.950. The second-order valence-corrected chi connectivity index (χ2v) is 5.75. The average molecular weight is 319 g/mol. The van der Waals surface area contributed by atoms with Crippen LogP contribution in [0.1, 0.15) is 11.1 Å². The summed E-state index contributed by atoms with van der Waals surface area (Å²) in [5, 5.41) is 0.582. The van der Waals surface area contributed by atoms with E-state index in [-0.39, 0.29) is 0 Å². The maximum absolute atomic E-state index is 6.26. The van der Waals surface area contributed by atoms with Crippen LogP contribution in [0.3, 0.4) is 0 Å². The molecular weight excluding hydrogens is 304 g/mol. The smallest absolute Gasteiger partial charge is 0.124 e. The van der Waals surface area contributed by atoms with Gasteiger partial charge < -0.3 is 15.4 Å². The van der Waals surface area contributed by atoms with E-state index in [9.17, 15) is 0 Å². The molecule has 2 aromatic rings. The van der Waals surface area contributed by atoms with E-state index in [2.05, 4.69) is 11.0 Å². The number of thiocarbonyl (C=S) groups is 1. The van der Waals surface area contributed by atoms with Crippen molar-refractivity contribution in [1.82, 2.24) is 0 Å². The number of nitrogens with two attached hydrogens (primary N) is 1. The monoisotopic (exact) mass is 318 g/mol. The molecular formula is C16H15ClN2OS. The first-order valence-electron chi connectivity index (χ1n) is 6.70. The molecule has 21 heavy (non-hydrogen) atoms. The van der Waals surface area contributed by atoms with Crippen LogP contribution in [0, 0.1) is 0 Å². The second-order valence-electron chi connectivity index (χ2n) is 4.91. The lowest BCUT2D eigenvalue weighted by Gasteiger charge is -2.22. The molecule has 2 N–H and O–H groups in total. The highest BCUT2D eigenvalue weighted by Gasteiger charge is 2.16. The van der Waals surface area contributed by atoms with Gasteiger partial charge in [0.2, 0.25) is 0 Å². The molecule has 0 spiro atoms. The van der Waals surface area contributed by atoms with Gasteiger partial charge in [0.05, 0.1) is 11.6 Å². The van der Waals surface area contributed by atoms with Crippen LogP contribution >= 0.6 is 23.8 Å². The molecule has 0 fully saturated rings. The highest BCUT2D eigenvalue weighted by Crippen LogP contribution is 2.28. The van der Waals surface area contributed by atoms with Crippen molar-refractivity contribution in [1.29, 1.82) is 0 Å². The summed E-state index contributed by atoms with van der Waals surface area (Å²) in [6.45, 7) is 2.24. The maximum Gasteiger partial charge on any atom is 0.124 e. The molecule has 0 aliphatic carbocycles. The van der Waals surface area contributed by atoms with Gasteiger partial charge in [-0.15, -0.1) is 0 Å². The number of benzene rings is 2. The first-order valence-corrected chi connectivity index (χ1v) is 7.49. The standard InChI is InChI=1S/C16H15ClN2OS/c17-14-9-12(5-6-13(14)16(18)21)19-7-8-20-15-4-2-1-3-11(15)10-19/h1-6,9H,7-8,10H2,(H2,18,21). The SMILES string of the molecule is NC(=S)c1ccc(N2CCOc3ccccc3C2)cc1Cl. The number of hydrogen-bond acceptors (Lipinski definition) is 3. The van der Waals surface area contributed by atoms with E-state index in [1.54, 1.807) is 0 Å². The van der Waals surface area contributed by atoms with Gasteiger partial charge in [-0.05, 0) is 24.3 Å². The molecule has 3 nitrogen and oxygen atoms in total. The van der Waals surface area contributed by atoms with E-state index in [0.717, 1.165) is 24.5 Å². The van der Waals surface area contributed by atoms with E-state index in [0.29, 0.717) is 22.2 Å². The Balaban J connectivity index is 1.91. The summed E-state index contributed by atoms with van der Waals surface area (Å²) >= 11 is 11.2. The summed E-state index contributed by atoms with van der Waals surface area (Å²) in [5.41, 5.74) is 8.57. The van der Waals surface area contributed by atoms with Gasteiger partial charge in [0.25, 0.3) is 0 Å². The fourth-order valence-electron chi connectivity index (χ4n) is 2.45.